The summed E-state index contributed by atoms with van der Waals surface area (Å²) in [5, 5.41) is 10.2. The molecule has 49 heavy (non-hydrogen) atoms. The molecule has 1 aliphatic carbocycles. The van der Waals surface area contributed by atoms with Crippen LogP contribution >= 0.6 is 0 Å². The number of aromatic carboxylic acids is 1. The maximum atomic E-state index is 12.6. The second kappa shape index (κ2) is 13.2. The minimum atomic E-state index is -4.71. The quantitative estimate of drug-likeness (QED) is 0.243. The van der Waals surface area contributed by atoms with Crippen molar-refractivity contribution in [3.05, 3.63) is 81.6 Å². The van der Waals surface area contributed by atoms with Crippen LogP contribution in [0.2, 0.25) is 0 Å². The van der Waals surface area contributed by atoms with Gasteiger partial charge in [0, 0.05) is 60.3 Å². The number of ether oxygens (including phenoxy) is 1. The lowest BCUT2D eigenvalue weighted by molar-refractivity contribution is 0.0696. The van der Waals surface area contributed by atoms with Gasteiger partial charge in [0.2, 0.25) is 0 Å². The van der Waals surface area contributed by atoms with Crippen LogP contribution in [-0.4, -0.2) is 98.7 Å². The SMILES string of the molecule is O=C(O)c1ccc(S(=O)(=O)O)cc1C1=C2C=C3CCCN(CCCS(=O)(=O)O)C3=CC2Oc2cc3c(cc21)CCCN3CCCS(=O)(=O)O. The minimum absolute atomic E-state index is 0.0717. The molecule has 2 aromatic rings. The molecule has 0 spiro atoms. The van der Waals surface area contributed by atoms with Gasteiger partial charge in [-0.2, -0.15) is 25.3 Å². The third-order valence-corrected chi connectivity index (χ3v) is 11.6. The van der Waals surface area contributed by atoms with Crippen molar-refractivity contribution in [3.8, 4) is 5.75 Å². The van der Waals surface area contributed by atoms with E-state index < -0.39 is 58.8 Å². The second-order valence-electron chi connectivity index (χ2n) is 12.5. The highest BCUT2D eigenvalue weighted by molar-refractivity contribution is 7.86. The van der Waals surface area contributed by atoms with Crippen molar-refractivity contribution < 1.29 is 53.5 Å². The van der Waals surface area contributed by atoms with Gasteiger partial charge in [0.25, 0.3) is 30.4 Å². The summed E-state index contributed by atoms with van der Waals surface area (Å²) in [6, 6.07) is 7.01. The maximum Gasteiger partial charge on any atom is 0.336 e. The fourth-order valence-corrected chi connectivity index (χ4v) is 8.57. The number of benzene rings is 2. The Morgan fingerprint density at radius 1 is 0.837 bits per heavy atom. The molecule has 1 atom stereocenters. The number of aryl methyl sites for hydroxylation is 1. The number of hydrogen-bond acceptors (Lipinski definition) is 10. The van der Waals surface area contributed by atoms with Crippen molar-refractivity contribution >= 4 is 47.6 Å². The Balaban J connectivity index is 1.51. The standard InChI is InChI=1S/C32H36N2O12S3/c35-32(36)23-8-7-22(49(43,44)45)17-24(23)31-25-15-20-5-1-9-33(11-3-13-47(37,38)39)27(20)18-29(25)46-30-19-28-21(16-26(30)31)6-2-10-34(28)12-4-14-48(40,41)42/h7-8,15-19,29H,1-6,9-14H2,(H,35,36)(H,37,38,39)(H,40,41,42)(H,43,44,45). The topological polar surface area (TPSA) is 216 Å². The number of piperidine rings is 1. The van der Waals surface area contributed by atoms with Crippen LogP contribution in [0.3, 0.4) is 0 Å². The monoisotopic (exact) mass is 736 g/mol. The van der Waals surface area contributed by atoms with E-state index in [0.717, 1.165) is 53.6 Å². The second-order valence-corrected chi connectivity index (χ2v) is 17.1. The molecule has 14 nitrogen and oxygen atoms in total. The van der Waals surface area contributed by atoms with Gasteiger partial charge in [-0.1, -0.05) is 0 Å². The number of fused-ring (bicyclic) bond motifs is 4. The van der Waals surface area contributed by atoms with Gasteiger partial charge in [0.1, 0.15) is 11.9 Å². The average molecular weight is 737 g/mol. The Morgan fingerprint density at radius 3 is 2.14 bits per heavy atom. The normalized spacial score (nSPS) is 19.2. The Bertz CT molecular complexity index is 2140. The first-order chi connectivity index (χ1) is 23.0. The summed E-state index contributed by atoms with van der Waals surface area (Å²) < 4.78 is 105. The largest absolute Gasteiger partial charge is 0.481 e. The van der Waals surface area contributed by atoms with E-state index in [-0.39, 0.29) is 24.0 Å². The third kappa shape index (κ3) is 7.71. The fourth-order valence-electron chi connectivity index (χ4n) is 7.08. The van der Waals surface area contributed by atoms with E-state index in [1.807, 2.05) is 34.1 Å². The number of nitrogens with zero attached hydrogens (tertiary/aromatic N) is 2. The smallest absolute Gasteiger partial charge is 0.336 e. The predicted octanol–water partition coefficient (Wildman–Crippen LogP) is 3.42. The van der Waals surface area contributed by atoms with Crippen LogP contribution < -0.4 is 9.64 Å². The lowest BCUT2D eigenvalue weighted by Crippen LogP contribution is -2.36. The van der Waals surface area contributed by atoms with Gasteiger partial charge in [-0.15, -0.1) is 0 Å². The highest BCUT2D eigenvalue weighted by atomic mass is 32.2. The summed E-state index contributed by atoms with van der Waals surface area (Å²) in [6.07, 6.45) is 6.20. The van der Waals surface area contributed by atoms with E-state index in [4.69, 9.17) is 4.74 Å². The molecular weight excluding hydrogens is 701 g/mol. The molecule has 2 aromatic carbocycles. The van der Waals surface area contributed by atoms with Crippen molar-refractivity contribution in [1.29, 1.82) is 0 Å². The van der Waals surface area contributed by atoms with Gasteiger partial charge in [-0.3, -0.25) is 13.7 Å². The summed E-state index contributed by atoms with van der Waals surface area (Å²) in [4.78, 5) is 16.1. The fraction of sp³-hybridized carbons (Fsp3) is 0.406. The van der Waals surface area contributed by atoms with Crippen LogP contribution in [0, 0.1) is 0 Å². The van der Waals surface area contributed by atoms with Crippen LogP contribution in [-0.2, 0) is 36.8 Å². The Morgan fingerprint density at radius 2 is 1.49 bits per heavy atom. The Labute approximate surface area is 284 Å². The number of anilines is 1. The van der Waals surface area contributed by atoms with E-state index in [1.54, 1.807) is 0 Å². The Hall–Kier alpha value is -3.74. The summed E-state index contributed by atoms with van der Waals surface area (Å²) in [5.41, 5.74) is 4.81. The molecule has 3 aliphatic heterocycles. The molecule has 1 saturated heterocycles. The number of likely N-dealkylation sites (tertiary alicyclic amines) is 1. The summed E-state index contributed by atoms with van der Waals surface area (Å²) >= 11 is 0. The number of rotatable bonds is 11. The molecular formula is C32H36N2O12S3. The van der Waals surface area contributed by atoms with Crippen molar-refractivity contribution in [2.24, 2.45) is 0 Å². The van der Waals surface area contributed by atoms with Crippen LogP contribution in [0.1, 0.15) is 59.2 Å². The molecule has 0 aromatic heterocycles. The van der Waals surface area contributed by atoms with Crippen LogP contribution in [0.25, 0.3) is 5.57 Å². The van der Waals surface area contributed by atoms with Gasteiger partial charge >= 0.3 is 5.97 Å². The number of carbonyl (C=O) groups is 1. The molecule has 4 N–H and O–H groups in total. The van der Waals surface area contributed by atoms with E-state index in [2.05, 4.69) is 0 Å². The lowest BCUT2D eigenvalue weighted by atomic mass is 9.80. The van der Waals surface area contributed by atoms with Gasteiger partial charge in [0.05, 0.1) is 22.0 Å². The minimum Gasteiger partial charge on any atom is -0.481 e. The average Bonchev–Trinajstić information content (AvgIpc) is 3.00. The van der Waals surface area contributed by atoms with Gasteiger partial charge < -0.3 is 19.6 Å². The lowest BCUT2D eigenvalue weighted by Gasteiger charge is -2.40. The predicted molar refractivity (Wildman–Crippen MR) is 180 cm³/mol. The van der Waals surface area contributed by atoms with E-state index in [0.29, 0.717) is 61.5 Å². The van der Waals surface area contributed by atoms with E-state index >= 15 is 0 Å². The molecule has 1 fully saturated rings. The molecule has 264 valence electrons. The van der Waals surface area contributed by atoms with Gasteiger partial charge in [-0.25, -0.2) is 4.79 Å². The van der Waals surface area contributed by atoms with Crippen molar-refractivity contribution in [2.75, 3.05) is 42.6 Å². The zero-order valence-corrected chi connectivity index (χ0v) is 28.7. The highest BCUT2D eigenvalue weighted by Crippen LogP contribution is 2.48. The molecule has 0 amide bonds. The van der Waals surface area contributed by atoms with Crippen LogP contribution in [0.5, 0.6) is 5.75 Å². The molecule has 0 saturated carbocycles. The molecule has 3 heterocycles. The van der Waals surface area contributed by atoms with Gasteiger partial charge in [0.15, 0.2) is 0 Å². The molecule has 4 aliphatic rings. The molecule has 1 unspecified atom stereocenters. The number of carboxylic acids is 1. The number of carboxylic acid groups (broad SMARTS) is 1. The summed E-state index contributed by atoms with van der Waals surface area (Å²) in [5.74, 6) is -1.73. The first-order valence-corrected chi connectivity index (χ1v) is 20.4. The maximum absolute atomic E-state index is 12.6. The highest BCUT2D eigenvalue weighted by Gasteiger charge is 2.36. The van der Waals surface area contributed by atoms with E-state index in [1.165, 1.54) is 0 Å². The van der Waals surface area contributed by atoms with Crippen LogP contribution in [0.4, 0.5) is 5.69 Å². The van der Waals surface area contributed by atoms with Gasteiger partial charge in [-0.05, 0) is 91.6 Å². The van der Waals surface area contributed by atoms with E-state index in [9.17, 15) is 48.8 Å². The third-order valence-electron chi connectivity index (χ3n) is 9.15. The first kappa shape index (κ1) is 35.1. The number of hydrogen-bond donors (Lipinski definition) is 4. The molecule has 6 rings (SSSR count). The molecule has 0 bridgehead atoms. The Kier molecular flexibility index (Phi) is 9.44. The van der Waals surface area contributed by atoms with Crippen LogP contribution in [0.15, 0.2) is 64.2 Å². The zero-order chi connectivity index (χ0) is 35.3. The number of allylic oxidation sites excluding steroid dienone is 1. The molecule has 17 heteroatoms. The summed E-state index contributed by atoms with van der Waals surface area (Å²) in [7, 11) is -13.0. The first-order valence-electron chi connectivity index (χ1n) is 15.7. The summed E-state index contributed by atoms with van der Waals surface area (Å²) in [6.45, 7) is 1.96. The van der Waals surface area contributed by atoms with Crippen molar-refractivity contribution in [2.45, 2.75) is 49.5 Å². The van der Waals surface area contributed by atoms with Crippen molar-refractivity contribution in [3.63, 3.8) is 0 Å². The molecule has 0 radical (unpaired) electrons. The zero-order valence-electron chi connectivity index (χ0n) is 26.3. The van der Waals surface area contributed by atoms with Crippen molar-refractivity contribution in [1.82, 2.24) is 4.90 Å².